The minimum atomic E-state index is -2.28. The van der Waals surface area contributed by atoms with E-state index in [0.29, 0.717) is 0 Å². The van der Waals surface area contributed by atoms with Crippen molar-refractivity contribution in [3.63, 3.8) is 0 Å². The summed E-state index contributed by atoms with van der Waals surface area (Å²) in [6, 6.07) is 9.67. The average Bonchev–Trinajstić information content (AvgIpc) is 3.64. The van der Waals surface area contributed by atoms with E-state index in [1.54, 1.807) is 45.9 Å². The molecule has 3 fully saturated rings. The van der Waals surface area contributed by atoms with E-state index in [0.717, 1.165) is 0 Å². The molecule has 0 spiro atoms. The third-order valence-corrected chi connectivity index (χ3v) is 12.2. The number of amides is 1. The molecule has 4 aliphatic rings. The first kappa shape index (κ1) is 45.7. The Morgan fingerprint density at radius 2 is 1.63 bits per heavy atom. The van der Waals surface area contributed by atoms with Gasteiger partial charge in [-0.15, -0.1) is 0 Å². The molecule has 6 N–H and O–H groups in total. The molecule has 1 aromatic heterocycles. The molecule has 1 amide bonds. The van der Waals surface area contributed by atoms with Gasteiger partial charge >= 0.3 is 11.9 Å². The number of nitrogens with one attached hydrogen (secondary N) is 1. The SMILES string of the molecule is CC1=C2C(O)C(=O)[C@]3(C)C(O)CC4OC[C@@]4(O)C3C(OC(=O)c3ccccc3)C(O)(CC1OC(=O)C(O)C(NC(=O)c1ccco1)C(C)C)C2(C)C.[Ac].[Ac]. The van der Waals surface area contributed by atoms with Crippen LogP contribution in [0.5, 0.6) is 0 Å². The molecule has 2 bridgehead atoms. The first-order chi connectivity index (χ1) is 24.3. The van der Waals surface area contributed by atoms with E-state index >= 15 is 0 Å². The first-order valence-electron chi connectivity index (χ1n) is 17.5. The summed E-state index contributed by atoms with van der Waals surface area (Å²) < 4.78 is 22.8. The molecule has 288 valence electrons. The Hall–Kier alpha value is -1.04. The Bertz CT molecular complexity index is 1770. The zero-order chi connectivity index (χ0) is 38.1. The number of hydrogen-bond donors (Lipinski definition) is 6. The van der Waals surface area contributed by atoms with Crippen molar-refractivity contribution in [2.75, 3.05) is 6.61 Å². The van der Waals surface area contributed by atoms with Gasteiger partial charge in [-0.1, -0.05) is 45.9 Å². The second-order valence-electron chi connectivity index (χ2n) is 15.7. The van der Waals surface area contributed by atoms with Crippen LogP contribution in [-0.2, 0) is 23.8 Å². The van der Waals surface area contributed by atoms with E-state index in [1.165, 1.54) is 44.4 Å². The molecular weight excluding hydrogens is 1130 g/mol. The van der Waals surface area contributed by atoms with Gasteiger partial charge in [-0.25, -0.2) is 9.59 Å². The Kier molecular flexibility index (Phi) is 14.1. The minimum Gasteiger partial charge on any atom is -0.459 e. The molecule has 2 heterocycles. The normalized spacial score (nSPS) is 34.9. The Morgan fingerprint density at radius 3 is 2.19 bits per heavy atom. The van der Waals surface area contributed by atoms with E-state index in [2.05, 4.69) is 5.32 Å². The second kappa shape index (κ2) is 16.7. The number of aliphatic hydroxyl groups is 5. The molecule has 6 rings (SSSR count). The van der Waals surface area contributed by atoms with Crippen LogP contribution in [0.15, 0.2) is 64.3 Å². The summed E-state index contributed by atoms with van der Waals surface area (Å²) in [5, 5.41) is 62.7. The number of Topliss-reactive ketones (excluding diaryl/α,β-unsaturated/α-hetero) is 1. The van der Waals surface area contributed by atoms with Crippen molar-refractivity contribution in [3.8, 4) is 0 Å². The number of esters is 2. The number of ether oxygens (including phenoxy) is 3. The van der Waals surface area contributed by atoms with Crippen molar-refractivity contribution in [2.45, 2.75) is 108 Å². The molecule has 1 aromatic carbocycles. The van der Waals surface area contributed by atoms with Crippen molar-refractivity contribution in [2.24, 2.45) is 22.7 Å². The topological polar surface area (TPSA) is 222 Å². The zero-order valence-corrected chi connectivity index (χ0v) is 40.6. The molecule has 54 heavy (non-hydrogen) atoms. The molecular formula is C38H47Ac2NO13. The molecule has 16 heteroatoms. The number of ketones is 1. The number of fused-ring (bicyclic) bond motifs is 5. The predicted octanol–water partition coefficient (Wildman–Crippen LogP) is 1.47. The fourth-order valence-corrected chi connectivity index (χ4v) is 8.97. The summed E-state index contributed by atoms with van der Waals surface area (Å²) in [5.41, 5.74) is -7.43. The Labute approximate surface area is 384 Å². The minimum absolute atomic E-state index is 0. The zero-order valence-electron chi connectivity index (χ0n) is 31.1. The van der Waals surface area contributed by atoms with Crippen molar-refractivity contribution in [1.29, 1.82) is 0 Å². The quantitative estimate of drug-likeness (QED) is 0.163. The summed E-state index contributed by atoms with van der Waals surface area (Å²) in [4.78, 5) is 55.0. The van der Waals surface area contributed by atoms with E-state index in [1.807, 2.05) is 0 Å². The molecule has 2 aromatic rings. The van der Waals surface area contributed by atoms with Crippen LogP contribution < -0.4 is 5.32 Å². The third kappa shape index (κ3) is 7.31. The molecule has 1 aliphatic heterocycles. The van der Waals surface area contributed by atoms with Crippen LogP contribution in [0.25, 0.3) is 0 Å². The number of furan rings is 1. The van der Waals surface area contributed by atoms with Crippen LogP contribution in [0, 0.1) is 111 Å². The summed E-state index contributed by atoms with van der Waals surface area (Å²) in [6.45, 7) is 9.04. The Morgan fingerprint density at radius 1 is 0.981 bits per heavy atom. The molecule has 2 radical (unpaired) electrons. The number of benzene rings is 1. The van der Waals surface area contributed by atoms with Crippen LogP contribution in [-0.4, -0.2) is 110 Å². The number of carbonyl (C=O) groups excluding carboxylic acids is 4. The largest absolute Gasteiger partial charge is 0.459 e. The maximum absolute atomic E-state index is 14.6. The van der Waals surface area contributed by atoms with Crippen LogP contribution in [0.1, 0.15) is 75.3 Å². The van der Waals surface area contributed by atoms with E-state index in [4.69, 9.17) is 18.6 Å². The van der Waals surface area contributed by atoms with E-state index < -0.39 is 107 Å². The summed E-state index contributed by atoms with van der Waals surface area (Å²) in [5.74, 6) is -5.66. The van der Waals surface area contributed by atoms with Gasteiger partial charge < -0.3 is 49.5 Å². The molecule has 3 aliphatic carbocycles. The van der Waals surface area contributed by atoms with Crippen molar-refractivity contribution in [1.82, 2.24) is 5.32 Å². The molecule has 2 saturated carbocycles. The number of rotatable bonds is 8. The Balaban J connectivity index is 0.00000325. The van der Waals surface area contributed by atoms with Gasteiger partial charge in [0.2, 0.25) is 0 Å². The van der Waals surface area contributed by atoms with Crippen LogP contribution >= 0.6 is 0 Å². The number of hydrogen-bond acceptors (Lipinski definition) is 13. The fourth-order valence-electron chi connectivity index (χ4n) is 8.97. The predicted molar refractivity (Wildman–Crippen MR) is 180 cm³/mol. The van der Waals surface area contributed by atoms with Gasteiger partial charge in [-0.3, -0.25) is 9.59 Å². The number of carbonyl (C=O) groups is 4. The van der Waals surface area contributed by atoms with Crippen molar-refractivity contribution < 1.29 is 151 Å². The van der Waals surface area contributed by atoms with Crippen LogP contribution in [0.4, 0.5) is 0 Å². The maximum atomic E-state index is 14.6. The van der Waals surface area contributed by atoms with Crippen molar-refractivity contribution in [3.05, 3.63) is 71.2 Å². The van der Waals surface area contributed by atoms with Gasteiger partial charge in [-0.2, -0.15) is 0 Å². The summed E-state index contributed by atoms with van der Waals surface area (Å²) >= 11 is 0. The maximum Gasteiger partial charge on any atom is 0.338 e. The third-order valence-electron chi connectivity index (χ3n) is 12.2. The van der Waals surface area contributed by atoms with Gasteiger partial charge in [0, 0.05) is 112 Å². The molecule has 11 atom stereocenters. The van der Waals surface area contributed by atoms with Gasteiger partial charge in [0.15, 0.2) is 17.6 Å². The standard InChI is InChI=1S/C38H47NO13.2Ac/c1-18(2)26(39-32(44)21-13-10-14-49-21)28(42)34(46)51-22-16-38(48)31(52-33(45)20-11-8-7-9-12-20)29-36(6,23(40)15-24-37(29,47)17-50-24)30(43)27(41)25(19(22)3)35(38,4)5;;/h7-14,18,22-24,26-29,31,40-42,47-48H,15-17H2,1-6H3,(H,39,44);;/t22?,23?,24?,26?,27?,28?,29?,31?,36-,37+,38?;;/m1../s1. The van der Waals surface area contributed by atoms with Gasteiger partial charge in [0.25, 0.3) is 5.91 Å². The summed E-state index contributed by atoms with van der Waals surface area (Å²) in [7, 11) is 0. The smallest absolute Gasteiger partial charge is 0.338 e. The molecule has 14 nitrogen and oxygen atoms in total. The van der Waals surface area contributed by atoms with E-state index in [9.17, 15) is 44.7 Å². The fraction of sp³-hybridized carbons (Fsp3) is 0.579. The van der Waals surface area contributed by atoms with E-state index in [-0.39, 0.29) is 124 Å². The van der Waals surface area contributed by atoms with Gasteiger partial charge in [0.1, 0.15) is 29.5 Å². The van der Waals surface area contributed by atoms with Crippen LogP contribution in [0.3, 0.4) is 0 Å². The second-order valence-corrected chi connectivity index (χ2v) is 15.7. The van der Waals surface area contributed by atoms with Gasteiger partial charge in [-0.05, 0) is 55.2 Å². The molecule has 9 unspecified atom stereocenters. The first-order valence-corrected chi connectivity index (χ1v) is 17.5. The van der Waals surface area contributed by atoms with Gasteiger partial charge in [0.05, 0.1) is 42.1 Å². The van der Waals surface area contributed by atoms with Crippen LogP contribution in [0.2, 0.25) is 0 Å². The number of aliphatic hydroxyl groups excluding tert-OH is 3. The monoisotopic (exact) mass is 1180 g/mol. The average molecular weight is 1180 g/mol. The molecule has 1 saturated heterocycles. The van der Waals surface area contributed by atoms with Crippen molar-refractivity contribution >= 4 is 23.6 Å². The summed E-state index contributed by atoms with van der Waals surface area (Å²) in [6.07, 6.45) is -8.81.